The number of para-hydroxylation sites is 2. The van der Waals surface area contributed by atoms with Crippen molar-refractivity contribution in [3.05, 3.63) is 30.1 Å². The van der Waals surface area contributed by atoms with Crippen LogP contribution in [0.3, 0.4) is 0 Å². The van der Waals surface area contributed by atoms with Gasteiger partial charge in [0, 0.05) is 13.1 Å². The van der Waals surface area contributed by atoms with Crippen molar-refractivity contribution in [2.24, 2.45) is 5.92 Å². The zero-order chi connectivity index (χ0) is 16.4. The molecule has 1 amide bonds. The highest BCUT2D eigenvalue weighted by atomic mass is 16.5. The molecule has 1 aromatic carbocycles. The number of aryl methyl sites for hydroxylation is 1. The summed E-state index contributed by atoms with van der Waals surface area (Å²) in [7, 11) is 1.41. The van der Waals surface area contributed by atoms with E-state index < -0.39 is 0 Å². The summed E-state index contributed by atoms with van der Waals surface area (Å²) in [5.41, 5.74) is 1.88. The number of hydrogen-bond acceptors (Lipinski definition) is 4. The summed E-state index contributed by atoms with van der Waals surface area (Å²) in [4.78, 5) is 30.4. The predicted molar refractivity (Wildman–Crippen MR) is 85.8 cm³/mol. The molecule has 0 aliphatic carbocycles. The minimum Gasteiger partial charge on any atom is -0.469 e. The maximum Gasteiger partial charge on any atom is 0.308 e. The molecule has 122 valence electrons. The second-order valence-electron chi connectivity index (χ2n) is 5.91. The number of fused-ring (bicyclic) bond motifs is 1. The van der Waals surface area contributed by atoms with Gasteiger partial charge in [-0.25, -0.2) is 4.98 Å². The minimum atomic E-state index is -0.173. The first-order valence-electron chi connectivity index (χ1n) is 7.87. The van der Waals surface area contributed by atoms with Crippen molar-refractivity contribution in [2.45, 2.75) is 26.3 Å². The van der Waals surface area contributed by atoms with E-state index in [1.54, 1.807) is 0 Å². The van der Waals surface area contributed by atoms with Crippen LogP contribution >= 0.6 is 0 Å². The Hall–Kier alpha value is -2.37. The average Bonchev–Trinajstić information content (AvgIpc) is 2.90. The summed E-state index contributed by atoms with van der Waals surface area (Å²) in [6.45, 7) is 3.40. The van der Waals surface area contributed by atoms with Crippen molar-refractivity contribution < 1.29 is 14.3 Å². The van der Waals surface area contributed by atoms with Gasteiger partial charge in [-0.15, -0.1) is 0 Å². The molecule has 6 nitrogen and oxygen atoms in total. The maximum atomic E-state index is 12.6. The number of imidazole rings is 1. The van der Waals surface area contributed by atoms with Gasteiger partial charge in [-0.2, -0.15) is 0 Å². The van der Waals surface area contributed by atoms with Crippen LogP contribution in [0.15, 0.2) is 24.3 Å². The second kappa shape index (κ2) is 6.40. The molecule has 0 unspecified atom stereocenters. The number of benzene rings is 1. The van der Waals surface area contributed by atoms with Gasteiger partial charge >= 0.3 is 5.97 Å². The van der Waals surface area contributed by atoms with Crippen molar-refractivity contribution in [3.63, 3.8) is 0 Å². The number of amides is 1. The molecule has 1 aliphatic rings. The Labute approximate surface area is 135 Å². The molecule has 2 heterocycles. The zero-order valence-electron chi connectivity index (χ0n) is 13.5. The lowest BCUT2D eigenvalue weighted by Crippen LogP contribution is -2.42. The van der Waals surface area contributed by atoms with Crippen LogP contribution in [-0.2, 0) is 20.9 Å². The number of ether oxygens (including phenoxy) is 1. The summed E-state index contributed by atoms with van der Waals surface area (Å²) in [5, 5.41) is 0. The average molecular weight is 315 g/mol. The molecule has 0 saturated carbocycles. The first-order chi connectivity index (χ1) is 11.1. The summed E-state index contributed by atoms with van der Waals surface area (Å²) in [6, 6.07) is 7.82. The van der Waals surface area contributed by atoms with Crippen LogP contribution in [0.4, 0.5) is 0 Å². The van der Waals surface area contributed by atoms with Gasteiger partial charge in [0.2, 0.25) is 5.91 Å². The lowest BCUT2D eigenvalue weighted by atomic mass is 9.97. The zero-order valence-corrected chi connectivity index (χ0v) is 13.5. The topological polar surface area (TPSA) is 64.4 Å². The van der Waals surface area contributed by atoms with Crippen LogP contribution in [0.2, 0.25) is 0 Å². The number of rotatable bonds is 3. The molecule has 6 heteroatoms. The number of nitrogens with zero attached hydrogens (tertiary/aromatic N) is 3. The standard InChI is InChI=1S/C17H21N3O3/c1-12-18-14-5-3-4-6-15(14)20(12)11-16(21)19-9-7-13(8-10-19)17(22)23-2/h3-6,13H,7-11H2,1-2H3. The highest BCUT2D eigenvalue weighted by Crippen LogP contribution is 2.20. The molecule has 0 radical (unpaired) electrons. The van der Waals surface area contributed by atoms with E-state index >= 15 is 0 Å². The highest BCUT2D eigenvalue weighted by molar-refractivity contribution is 5.81. The van der Waals surface area contributed by atoms with Crippen LogP contribution in [0.5, 0.6) is 0 Å². The molecule has 23 heavy (non-hydrogen) atoms. The number of likely N-dealkylation sites (tertiary alicyclic amines) is 1. The van der Waals surface area contributed by atoms with Gasteiger partial charge in [0.05, 0.1) is 24.1 Å². The first kappa shape index (κ1) is 15.5. The van der Waals surface area contributed by atoms with E-state index in [-0.39, 0.29) is 24.3 Å². The van der Waals surface area contributed by atoms with Crippen LogP contribution in [0.25, 0.3) is 11.0 Å². The number of esters is 1. The van der Waals surface area contributed by atoms with E-state index in [0.717, 1.165) is 16.9 Å². The number of hydrogen-bond donors (Lipinski definition) is 0. The van der Waals surface area contributed by atoms with Gasteiger partial charge in [0.25, 0.3) is 0 Å². The fourth-order valence-corrected chi connectivity index (χ4v) is 3.16. The molecular weight excluding hydrogens is 294 g/mol. The van der Waals surface area contributed by atoms with E-state index in [1.165, 1.54) is 7.11 Å². The van der Waals surface area contributed by atoms with Crippen molar-refractivity contribution in [3.8, 4) is 0 Å². The molecule has 0 N–H and O–H groups in total. The lowest BCUT2D eigenvalue weighted by molar-refractivity contribution is -0.149. The van der Waals surface area contributed by atoms with Gasteiger partial charge in [0.1, 0.15) is 12.4 Å². The fourth-order valence-electron chi connectivity index (χ4n) is 3.16. The van der Waals surface area contributed by atoms with E-state index in [9.17, 15) is 9.59 Å². The van der Waals surface area contributed by atoms with Gasteiger partial charge < -0.3 is 14.2 Å². The largest absolute Gasteiger partial charge is 0.469 e. The SMILES string of the molecule is COC(=O)C1CCN(C(=O)Cn2c(C)nc3ccccc32)CC1. The second-order valence-corrected chi connectivity index (χ2v) is 5.91. The quantitative estimate of drug-likeness (QED) is 0.810. The molecule has 1 aromatic heterocycles. The third-order valence-electron chi connectivity index (χ3n) is 4.52. The number of carbonyl (C=O) groups excluding carboxylic acids is 2. The molecule has 0 bridgehead atoms. The Balaban J connectivity index is 1.68. The molecule has 1 saturated heterocycles. The molecular formula is C17H21N3O3. The fraction of sp³-hybridized carbons (Fsp3) is 0.471. The van der Waals surface area contributed by atoms with E-state index in [2.05, 4.69) is 4.98 Å². The van der Waals surface area contributed by atoms with Crippen molar-refractivity contribution in [2.75, 3.05) is 20.2 Å². The molecule has 2 aromatic rings. The number of piperidine rings is 1. The minimum absolute atomic E-state index is 0.0690. The lowest BCUT2D eigenvalue weighted by Gasteiger charge is -2.31. The Kier molecular flexibility index (Phi) is 4.32. The summed E-state index contributed by atoms with van der Waals surface area (Å²) in [5.74, 6) is 0.650. The van der Waals surface area contributed by atoms with E-state index in [0.29, 0.717) is 25.9 Å². The van der Waals surface area contributed by atoms with Crippen LogP contribution in [-0.4, -0.2) is 46.5 Å². The van der Waals surface area contributed by atoms with E-state index in [1.807, 2.05) is 40.7 Å². The van der Waals surface area contributed by atoms with E-state index in [4.69, 9.17) is 4.74 Å². The number of aromatic nitrogens is 2. The van der Waals surface area contributed by atoms with Crippen molar-refractivity contribution >= 4 is 22.9 Å². The predicted octanol–water partition coefficient (Wildman–Crippen LogP) is 1.76. The monoisotopic (exact) mass is 315 g/mol. The molecule has 0 spiro atoms. The normalized spacial score (nSPS) is 15.8. The van der Waals surface area contributed by atoms with Crippen LogP contribution in [0, 0.1) is 12.8 Å². The number of carbonyl (C=O) groups is 2. The third kappa shape index (κ3) is 3.06. The van der Waals surface area contributed by atoms with Crippen LogP contribution in [0.1, 0.15) is 18.7 Å². The van der Waals surface area contributed by atoms with Gasteiger partial charge in [0.15, 0.2) is 0 Å². The number of methoxy groups -OCH3 is 1. The van der Waals surface area contributed by atoms with Crippen molar-refractivity contribution in [1.82, 2.24) is 14.5 Å². The molecule has 3 rings (SSSR count). The first-order valence-corrected chi connectivity index (χ1v) is 7.87. The highest BCUT2D eigenvalue weighted by Gasteiger charge is 2.28. The maximum absolute atomic E-state index is 12.6. The Morgan fingerprint density at radius 1 is 1.26 bits per heavy atom. The summed E-state index contributed by atoms with van der Waals surface area (Å²) >= 11 is 0. The van der Waals surface area contributed by atoms with Crippen molar-refractivity contribution in [1.29, 1.82) is 0 Å². The van der Waals surface area contributed by atoms with Crippen LogP contribution < -0.4 is 0 Å². The van der Waals surface area contributed by atoms with Gasteiger partial charge in [-0.05, 0) is 31.9 Å². The smallest absolute Gasteiger partial charge is 0.308 e. The van der Waals surface area contributed by atoms with Gasteiger partial charge in [-0.3, -0.25) is 9.59 Å². The third-order valence-corrected chi connectivity index (χ3v) is 4.52. The summed E-state index contributed by atoms with van der Waals surface area (Å²) < 4.78 is 6.73. The Morgan fingerprint density at radius 3 is 2.65 bits per heavy atom. The summed E-state index contributed by atoms with van der Waals surface area (Å²) in [6.07, 6.45) is 1.34. The van der Waals surface area contributed by atoms with Gasteiger partial charge in [-0.1, -0.05) is 12.1 Å². The Morgan fingerprint density at radius 2 is 1.96 bits per heavy atom. The molecule has 0 atom stereocenters. The molecule has 1 fully saturated rings. The molecule has 1 aliphatic heterocycles. The Bertz CT molecular complexity index is 730.